The molecule has 7 nitrogen and oxygen atoms in total. The van der Waals surface area contributed by atoms with Gasteiger partial charge < -0.3 is 19.9 Å². The van der Waals surface area contributed by atoms with Crippen molar-refractivity contribution in [3.05, 3.63) is 82.6 Å². The van der Waals surface area contributed by atoms with Crippen molar-refractivity contribution in [2.24, 2.45) is 0 Å². The van der Waals surface area contributed by atoms with Crippen LogP contribution in [-0.4, -0.2) is 27.4 Å². The van der Waals surface area contributed by atoms with Crippen molar-refractivity contribution < 1.29 is 19.0 Å². The molecule has 2 heterocycles. The average molecular weight is 497 g/mol. The zero-order chi connectivity index (χ0) is 23.7. The molecular weight excluding hydrogens is 479 g/mol. The molecule has 2 N–H and O–H groups in total. The van der Waals surface area contributed by atoms with Gasteiger partial charge in [0.25, 0.3) is 0 Å². The molecule has 3 aromatic carbocycles. The monoisotopic (exact) mass is 496 g/mol. The molecule has 1 aromatic heterocycles. The Kier molecular flexibility index (Phi) is 6.12. The molecule has 0 radical (unpaired) electrons. The molecular formula is C24H18ClFN4O3S. The van der Waals surface area contributed by atoms with E-state index in [0.29, 0.717) is 27.7 Å². The molecule has 0 bridgehead atoms. The fourth-order valence-corrected chi connectivity index (χ4v) is 4.50. The summed E-state index contributed by atoms with van der Waals surface area (Å²) in [5, 5.41) is 22.5. The molecule has 5 rings (SSSR count). The van der Waals surface area contributed by atoms with Crippen LogP contribution in [0.2, 0.25) is 5.02 Å². The number of nitrogens with zero attached hydrogens (tertiary/aromatic N) is 3. The molecule has 34 heavy (non-hydrogen) atoms. The van der Waals surface area contributed by atoms with Crippen LogP contribution in [-0.2, 0) is 5.75 Å². The van der Waals surface area contributed by atoms with E-state index >= 15 is 0 Å². The molecule has 1 aliphatic rings. The lowest BCUT2D eigenvalue weighted by molar-refractivity contribution is 0.224. The summed E-state index contributed by atoms with van der Waals surface area (Å²) in [4.78, 5) is 4.57. The molecule has 0 saturated heterocycles. The summed E-state index contributed by atoms with van der Waals surface area (Å²) in [7, 11) is 1.44. The molecule has 10 heteroatoms. The highest BCUT2D eigenvalue weighted by Gasteiger charge is 2.27. The molecule has 0 amide bonds. The van der Waals surface area contributed by atoms with E-state index in [2.05, 4.69) is 20.5 Å². The van der Waals surface area contributed by atoms with Gasteiger partial charge in [-0.1, -0.05) is 59.8 Å². The number of phenols is 1. The number of hydrogen-bond donors (Lipinski definition) is 2. The summed E-state index contributed by atoms with van der Waals surface area (Å²) in [5.74, 6) is 0.378. The number of hydrogen-bond acceptors (Lipinski definition) is 8. The Balaban J connectivity index is 1.52. The highest BCUT2D eigenvalue weighted by atomic mass is 35.5. The summed E-state index contributed by atoms with van der Waals surface area (Å²) >= 11 is 7.47. The second kappa shape index (κ2) is 9.36. The molecule has 0 aliphatic carbocycles. The number of rotatable bonds is 5. The topological polar surface area (TPSA) is 89.4 Å². The molecule has 1 aliphatic heterocycles. The normalized spacial score (nSPS) is 14.3. The van der Waals surface area contributed by atoms with Gasteiger partial charge in [-0.05, 0) is 29.8 Å². The molecule has 0 unspecified atom stereocenters. The highest BCUT2D eigenvalue weighted by Crippen LogP contribution is 2.42. The van der Waals surface area contributed by atoms with E-state index in [9.17, 15) is 9.50 Å². The minimum absolute atomic E-state index is 0.124. The number of aromatic nitrogens is 3. The van der Waals surface area contributed by atoms with E-state index in [1.807, 2.05) is 24.3 Å². The summed E-state index contributed by atoms with van der Waals surface area (Å²) in [6.45, 7) is 0. The highest BCUT2D eigenvalue weighted by molar-refractivity contribution is 7.98. The summed E-state index contributed by atoms with van der Waals surface area (Å²) in [6, 6.07) is 17.3. The van der Waals surface area contributed by atoms with E-state index in [0.717, 1.165) is 11.3 Å². The average Bonchev–Trinajstić information content (AvgIpc) is 3.01. The minimum Gasteiger partial charge on any atom is -0.503 e. The largest absolute Gasteiger partial charge is 0.503 e. The number of para-hydroxylation sites is 1. The third-order valence-corrected chi connectivity index (χ3v) is 6.40. The van der Waals surface area contributed by atoms with Crippen molar-refractivity contribution in [3.8, 4) is 28.6 Å². The zero-order valence-corrected chi connectivity index (χ0v) is 19.4. The van der Waals surface area contributed by atoms with E-state index in [-0.39, 0.29) is 28.2 Å². The number of thioether (sulfide) groups is 1. The van der Waals surface area contributed by atoms with Gasteiger partial charge in [0.05, 0.1) is 12.1 Å². The quantitative estimate of drug-likeness (QED) is 0.333. The zero-order valence-electron chi connectivity index (χ0n) is 17.8. The second-order valence-electron chi connectivity index (χ2n) is 7.37. The molecule has 0 saturated carbocycles. The van der Waals surface area contributed by atoms with Crippen LogP contribution in [0.15, 0.2) is 65.8 Å². The van der Waals surface area contributed by atoms with Gasteiger partial charge in [-0.2, -0.15) is 4.98 Å². The SMILES string of the molecule is COc1cc([C@@H]2Nc3ccccc3-c3nnc(SCc4ccccc4F)nc3O2)cc(Cl)c1O. The number of aromatic hydroxyl groups is 1. The summed E-state index contributed by atoms with van der Waals surface area (Å²) < 4.78 is 25.5. The van der Waals surface area contributed by atoms with Gasteiger partial charge in [-0.25, -0.2) is 4.39 Å². The van der Waals surface area contributed by atoms with Gasteiger partial charge in [0.2, 0.25) is 11.0 Å². The third-order valence-electron chi connectivity index (χ3n) is 5.22. The van der Waals surface area contributed by atoms with Crippen LogP contribution in [0, 0.1) is 5.82 Å². The van der Waals surface area contributed by atoms with Crippen molar-refractivity contribution in [2.75, 3.05) is 12.4 Å². The van der Waals surface area contributed by atoms with Crippen LogP contribution in [0.1, 0.15) is 17.4 Å². The molecule has 0 fully saturated rings. The van der Waals surface area contributed by atoms with Gasteiger partial charge in [-0.15, -0.1) is 10.2 Å². The van der Waals surface area contributed by atoms with Gasteiger partial charge in [0.15, 0.2) is 23.4 Å². The first-order valence-electron chi connectivity index (χ1n) is 10.2. The Morgan fingerprint density at radius 1 is 1.15 bits per heavy atom. The first-order valence-corrected chi connectivity index (χ1v) is 11.6. The predicted molar refractivity (Wildman–Crippen MR) is 128 cm³/mol. The first kappa shape index (κ1) is 22.2. The Morgan fingerprint density at radius 2 is 1.94 bits per heavy atom. The summed E-state index contributed by atoms with van der Waals surface area (Å²) in [5.41, 5.74) is 3.15. The fraction of sp³-hybridized carbons (Fsp3) is 0.125. The van der Waals surface area contributed by atoms with E-state index in [1.54, 1.807) is 30.3 Å². The standard InChI is InChI=1S/C24H18ClFN4O3S/c1-32-19-11-14(10-16(25)21(19)31)22-27-18-9-5-3-7-15(18)20-23(33-22)28-24(30-29-20)34-12-13-6-2-4-8-17(13)26/h2-11,22,27,31H,12H2,1H3/t22-/m1/s1. The number of halogens is 2. The van der Waals surface area contributed by atoms with Crippen molar-refractivity contribution >= 4 is 29.1 Å². The van der Waals surface area contributed by atoms with Gasteiger partial charge in [0, 0.05) is 22.6 Å². The van der Waals surface area contributed by atoms with E-state index < -0.39 is 6.23 Å². The van der Waals surface area contributed by atoms with Crippen LogP contribution in [0.3, 0.4) is 0 Å². The number of anilines is 1. The van der Waals surface area contributed by atoms with Gasteiger partial charge in [-0.3, -0.25) is 0 Å². The Labute approximate surface area is 203 Å². The van der Waals surface area contributed by atoms with Crippen LogP contribution in [0.5, 0.6) is 17.4 Å². The Hall–Kier alpha value is -3.56. The van der Waals surface area contributed by atoms with E-state index in [1.165, 1.54) is 24.9 Å². The number of ether oxygens (including phenoxy) is 2. The minimum atomic E-state index is -0.712. The maximum atomic E-state index is 14.0. The van der Waals surface area contributed by atoms with Crippen molar-refractivity contribution in [3.63, 3.8) is 0 Å². The van der Waals surface area contributed by atoms with Gasteiger partial charge in [0.1, 0.15) is 5.82 Å². The molecule has 1 atom stereocenters. The van der Waals surface area contributed by atoms with Gasteiger partial charge >= 0.3 is 0 Å². The smallest absolute Gasteiger partial charge is 0.247 e. The number of methoxy groups -OCH3 is 1. The Bertz CT molecular complexity index is 1370. The fourth-order valence-electron chi connectivity index (χ4n) is 3.52. The van der Waals surface area contributed by atoms with Crippen LogP contribution < -0.4 is 14.8 Å². The maximum absolute atomic E-state index is 14.0. The van der Waals surface area contributed by atoms with E-state index in [4.69, 9.17) is 21.1 Å². The lowest BCUT2D eigenvalue weighted by atomic mass is 10.1. The number of nitrogens with one attached hydrogen (secondary N) is 1. The lowest BCUT2D eigenvalue weighted by Gasteiger charge is -2.20. The number of phenolic OH excluding ortho intramolecular Hbond substituents is 1. The molecule has 0 spiro atoms. The predicted octanol–water partition coefficient (Wildman–Crippen LogP) is 5.84. The Morgan fingerprint density at radius 3 is 2.76 bits per heavy atom. The van der Waals surface area contributed by atoms with Crippen molar-refractivity contribution in [1.82, 2.24) is 15.2 Å². The van der Waals surface area contributed by atoms with Crippen LogP contribution in [0.4, 0.5) is 10.1 Å². The maximum Gasteiger partial charge on any atom is 0.247 e. The first-order chi connectivity index (χ1) is 16.5. The van der Waals surface area contributed by atoms with Crippen LogP contribution in [0.25, 0.3) is 11.3 Å². The van der Waals surface area contributed by atoms with Crippen molar-refractivity contribution in [2.45, 2.75) is 17.1 Å². The molecule has 172 valence electrons. The van der Waals surface area contributed by atoms with Crippen molar-refractivity contribution in [1.29, 1.82) is 0 Å². The third kappa shape index (κ3) is 4.32. The lowest BCUT2D eigenvalue weighted by Crippen LogP contribution is -2.17. The second-order valence-corrected chi connectivity index (χ2v) is 8.72. The number of benzene rings is 3. The molecule has 4 aromatic rings. The number of fused-ring (bicyclic) bond motifs is 3. The summed E-state index contributed by atoms with van der Waals surface area (Å²) in [6.07, 6.45) is -0.712. The van der Waals surface area contributed by atoms with Crippen LogP contribution >= 0.6 is 23.4 Å².